The van der Waals surface area contributed by atoms with Gasteiger partial charge in [-0.3, -0.25) is 14.1 Å². The maximum absolute atomic E-state index is 12.2. The maximum Gasteiger partial charge on any atom is 0.294 e. The van der Waals surface area contributed by atoms with Crippen molar-refractivity contribution in [2.75, 3.05) is 11.9 Å². The Kier molecular flexibility index (Phi) is 7.43. The highest BCUT2D eigenvalue weighted by molar-refractivity contribution is 7.85. The van der Waals surface area contributed by atoms with Gasteiger partial charge in [0.25, 0.3) is 16.0 Å². The number of halogens is 2. The van der Waals surface area contributed by atoms with Crippen LogP contribution in [0.1, 0.15) is 23.7 Å². The largest absolute Gasteiger partial charge is 0.482 e. The number of amides is 1. The highest BCUT2D eigenvalue weighted by atomic mass is 35.5. The minimum atomic E-state index is -4.31. The number of ether oxygens (including phenoxy) is 1. The molecule has 0 atom stereocenters. The molecule has 0 aliphatic heterocycles. The Morgan fingerprint density at radius 3 is 2.28 bits per heavy atom. The molecule has 2 rings (SSSR count). The summed E-state index contributed by atoms with van der Waals surface area (Å²) in [6.07, 6.45) is 0.469. The Labute approximate surface area is 178 Å². The van der Waals surface area contributed by atoms with Gasteiger partial charge in [-0.2, -0.15) is 8.42 Å². The average molecular weight is 458 g/mol. The summed E-state index contributed by atoms with van der Waals surface area (Å²) < 4.78 is 36.3. The van der Waals surface area contributed by atoms with Gasteiger partial charge in [-0.1, -0.05) is 36.7 Å². The minimum Gasteiger partial charge on any atom is -0.482 e. The van der Waals surface area contributed by atoms with E-state index in [1.807, 2.05) is 0 Å². The number of hydrogen-bond donors (Lipinski definition) is 2. The van der Waals surface area contributed by atoms with Gasteiger partial charge in [-0.25, -0.2) is 0 Å². The molecule has 0 aromatic heterocycles. The molecule has 0 heterocycles. The molecule has 10 heteroatoms. The van der Waals surface area contributed by atoms with Crippen molar-refractivity contribution in [3.63, 3.8) is 0 Å². The average Bonchev–Trinajstić information content (AvgIpc) is 2.67. The lowest BCUT2D eigenvalue weighted by Gasteiger charge is -2.12. The molecule has 2 N–H and O–H groups in total. The van der Waals surface area contributed by atoms with E-state index in [2.05, 4.69) is 11.9 Å². The standard InChI is InChI=1S/C19H17Cl2NO6S/c1-3-11(2)19(24)14-8-9-15(18(21)17(14)20)28-10-16(23)22-12-4-6-13(7-5-12)29(25,26)27/h4-9H,2-3,10H2,1H3,(H,22,23)(H,25,26,27). The lowest BCUT2D eigenvalue weighted by molar-refractivity contribution is -0.118. The van der Waals surface area contributed by atoms with Gasteiger partial charge in [0.2, 0.25) is 0 Å². The second-order valence-corrected chi connectivity index (χ2v) is 8.04. The van der Waals surface area contributed by atoms with Gasteiger partial charge in [0.15, 0.2) is 12.4 Å². The van der Waals surface area contributed by atoms with Crippen LogP contribution < -0.4 is 10.1 Å². The zero-order chi connectivity index (χ0) is 21.8. The number of carbonyl (C=O) groups excluding carboxylic acids is 2. The first-order chi connectivity index (χ1) is 13.5. The molecule has 0 fully saturated rings. The van der Waals surface area contributed by atoms with Crippen LogP contribution in [0.15, 0.2) is 53.4 Å². The summed E-state index contributed by atoms with van der Waals surface area (Å²) in [4.78, 5) is 23.9. The van der Waals surface area contributed by atoms with Crippen LogP contribution in [0.2, 0.25) is 10.0 Å². The summed E-state index contributed by atoms with van der Waals surface area (Å²) in [5.74, 6) is -0.749. The highest BCUT2D eigenvalue weighted by Gasteiger charge is 2.18. The van der Waals surface area contributed by atoms with Crippen molar-refractivity contribution in [3.05, 3.63) is 64.2 Å². The molecular formula is C19H17Cl2NO6S. The van der Waals surface area contributed by atoms with E-state index in [0.717, 1.165) is 12.1 Å². The molecule has 0 aliphatic carbocycles. The molecule has 0 bridgehead atoms. The smallest absolute Gasteiger partial charge is 0.294 e. The molecular weight excluding hydrogens is 441 g/mol. The van der Waals surface area contributed by atoms with Gasteiger partial charge in [0.1, 0.15) is 10.8 Å². The fourth-order valence-corrected chi connectivity index (χ4v) is 3.16. The SMILES string of the molecule is C=C(CC)C(=O)c1ccc(OCC(=O)Nc2ccc(S(=O)(=O)O)cc2)c(Cl)c1Cl. The number of benzene rings is 2. The van der Waals surface area contributed by atoms with E-state index in [1.54, 1.807) is 6.92 Å². The third kappa shape index (κ3) is 5.80. The summed E-state index contributed by atoms with van der Waals surface area (Å²) in [5, 5.41) is 2.49. The normalized spacial score (nSPS) is 11.0. The molecule has 0 spiro atoms. The van der Waals surface area contributed by atoms with E-state index in [4.69, 9.17) is 32.5 Å². The Bertz CT molecular complexity index is 1060. The second kappa shape index (κ2) is 9.41. The van der Waals surface area contributed by atoms with Gasteiger partial charge < -0.3 is 10.1 Å². The van der Waals surface area contributed by atoms with Crippen LogP contribution in [0.3, 0.4) is 0 Å². The zero-order valence-electron chi connectivity index (χ0n) is 15.2. The molecule has 0 saturated carbocycles. The number of anilines is 1. The summed E-state index contributed by atoms with van der Waals surface area (Å²) in [5.41, 5.74) is 0.879. The monoisotopic (exact) mass is 457 g/mol. The molecule has 0 unspecified atom stereocenters. The molecule has 2 aromatic carbocycles. The third-order valence-corrected chi connectivity index (χ3v) is 5.57. The van der Waals surface area contributed by atoms with Gasteiger partial charge in [0.05, 0.1) is 9.92 Å². The number of allylic oxidation sites excluding steroid dienone is 1. The number of Topliss-reactive ketones (excluding diaryl/α,β-unsaturated/α-hetero) is 1. The number of rotatable bonds is 8. The molecule has 7 nitrogen and oxygen atoms in total. The molecule has 0 aliphatic rings. The number of hydrogen-bond acceptors (Lipinski definition) is 5. The van der Waals surface area contributed by atoms with E-state index in [1.165, 1.54) is 24.3 Å². The van der Waals surface area contributed by atoms with Gasteiger partial charge in [-0.05, 0) is 48.4 Å². The van der Waals surface area contributed by atoms with E-state index in [0.29, 0.717) is 17.7 Å². The topological polar surface area (TPSA) is 110 Å². The first kappa shape index (κ1) is 22.9. The van der Waals surface area contributed by atoms with Crippen molar-refractivity contribution < 1.29 is 27.3 Å². The molecule has 29 heavy (non-hydrogen) atoms. The van der Waals surface area contributed by atoms with E-state index in [-0.39, 0.29) is 32.0 Å². The number of carbonyl (C=O) groups is 2. The Balaban J connectivity index is 2.04. The lowest BCUT2D eigenvalue weighted by atomic mass is 10.0. The quantitative estimate of drug-likeness (QED) is 0.345. The fraction of sp³-hybridized carbons (Fsp3) is 0.158. The van der Waals surface area contributed by atoms with Crippen molar-refractivity contribution in [2.24, 2.45) is 0 Å². The predicted octanol–water partition coefficient (Wildman–Crippen LogP) is 4.41. The van der Waals surface area contributed by atoms with Gasteiger partial charge in [0, 0.05) is 11.3 Å². The van der Waals surface area contributed by atoms with Crippen LogP contribution in [0.4, 0.5) is 5.69 Å². The summed E-state index contributed by atoms with van der Waals surface area (Å²) in [7, 11) is -4.31. The number of nitrogens with one attached hydrogen (secondary N) is 1. The van der Waals surface area contributed by atoms with Crippen LogP contribution in [0.25, 0.3) is 0 Å². The summed E-state index contributed by atoms with van der Waals surface area (Å²) >= 11 is 12.3. The van der Waals surface area contributed by atoms with Crippen LogP contribution in [0, 0.1) is 0 Å². The first-order valence-corrected chi connectivity index (χ1v) is 10.4. The molecule has 0 radical (unpaired) electrons. The van der Waals surface area contributed by atoms with Gasteiger partial charge in [-0.15, -0.1) is 0 Å². The van der Waals surface area contributed by atoms with Crippen molar-refractivity contribution in [1.82, 2.24) is 0 Å². The molecule has 154 valence electrons. The highest BCUT2D eigenvalue weighted by Crippen LogP contribution is 2.35. The van der Waals surface area contributed by atoms with Crippen LogP contribution in [-0.4, -0.2) is 31.3 Å². The Hall–Kier alpha value is -2.39. The van der Waals surface area contributed by atoms with Crippen LogP contribution >= 0.6 is 23.2 Å². The van der Waals surface area contributed by atoms with Crippen molar-refractivity contribution in [2.45, 2.75) is 18.2 Å². The molecule has 1 amide bonds. The number of ketones is 1. The van der Waals surface area contributed by atoms with Crippen molar-refractivity contribution >= 4 is 50.7 Å². The van der Waals surface area contributed by atoms with Crippen LogP contribution in [0.5, 0.6) is 5.75 Å². The summed E-state index contributed by atoms with van der Waals surface area (Å²) in [6, 6.07) is 7.78. The maximum atomic E-state index is 12.2. The Morgan fingerprint density at radius 1 is 1.10 bits per heavy atom. The third-order valence-electron chi connectivity index (χ3n) is 3.83. The minimum absolute atomic E-state index is 0.00461. The molecule has 0 saturated heterocycles. The van der Waals surface area contributed by atoms with E-state index in [9.17, 15) is 18.0 Å². The zero-order valence-corrected chi connectivity index (χ0v) is 17.6. The predicted molar refractivity (Wildman–Crippen MR) is 111 cm³/mol. The fourth-order valence-electron chi connectivity index (χ4n) is 2.22. The van der Waals surface area contributed by atoms with Gasteiger partial charge >= 0.3 is 0 Å². The van der Waals surface area contributed by atoms with E-state index >= 15 is 0 Å². The lowest BCUT2D eigenvalue weighted by Crippen LogP contribution is -2.20. The van der Waals surface area contributed by atoms with Crippen molar-refractivity contribution in [3.8, 4) is 5.75 Å². The molecule has 2 aromatic rings. The first-order valence-electron chi connectivity index (χ1n) is 8.25. The second-order valence-electron chi connectivity index (χ2n) is 5.86. The Morgan fingerprint density at radius 2 is 1.72 bits per heavy atom. The van der Waals surface area contributed by atoms with Crippen molar-refractivity contribution in [1.29, 1.82) is 0 Å². The summed E-state index contributed by atoms with van der Waals surface area (Å²) in [6.45, 7) is 5.06. The van der Waals surface area contributed by atoms with Crippen LogP contribution in [-0.2, 0) is 14.9 Å². The van der Waals surface area contributed by atoms with E-state index < -0.39 is 22.6 Å².